The third kappa shape index (κ3) is 4.57. The van der Waals surface area contributed by atoms with Crippen molar-refractivity contribution in [1.29, 1.82) is 0 Å². The van der Waals surface area contributed by atoms with Crippen molar-refractivity contribution >= 4 is 5.97 Å². The number of carbonyl (C=O) groups excluding carboxylic acids is 1. The van der Waals surface area contributed by atoms with Crippen LogP contribution in [0.1, 0.15) is 11.3 Å². The number of esters is 1. The molecular formula is C16H18N2O3. The molecule has 1 aromatic carbocycles. The Bertz CT molecular complexity index is 570. The first-order valence-electron chi connectivity index (χ1n) is 6.64. The summed E-state index contributed by atoms with van der Waals surface area (Å²) in [4.78, 5) is 15.5. The van der Waals surface area contributed by atoms with Crippen molar-refractivity contribution in [3.05, 3.63) is 59.9 Å². The number of rotatable bonds is 6. The van der Waals surface area contributed by atoms with Gasteiger partial charge < -0.3 is 15.2 Å². The first-order chi connectivity index (χ1) is 10.2. The van der Waals surface area contributed by atoms with E-state index in [-0.39, 0.29) is 0 Å². The fourth-order valence-electron chi connectivity index (χ4n) is 1.85. The highest BCUT2D eigenvalue weighted by Crippen LogP contribution is 2.14. The first kappa shape index (κ1) is 15.0. The number of hydrogen-bond donors (Lipinski definition) is 1. The van der Waals surface area contributed by atoms with Crippen LogP contribution in [-0.2, 0) is 22.6 Å². The van der Waals surface area contributed by atoms with Gasteiger partial charge in [-0.3, -0.25) is 9.78 Å². The Morgan fingerprint density at radius 2 is 2.00 bits per heavy atom. The highest BCUT2D eigenvalue weighted by Gasteiger charge is 2.13. The zero-order valence-corrected chi connectivity index (χ0v) is 11.9. The Hall–Kier alpha value is -2.40. The molecule has 1 heterocycles. The molecule has 0 aliphatic carbocycles. The average molecular weight is 286 g/mol. The molecule has 2 rings (SSSR count). The fourth-order valence-corrected chi connectivity index (χ4v) is 1.85. The molecule has 0 amide bonds. The molecule has 1 unspecified atom stereocenters. The van der Waals surface area contributed by atoms with Gasteiger partial charge in [0.2, 0.25) is 0 Å². The largest absolute Gasteiger partial charge is 0.487 e. The lowest BCUT2D eigenvalue weighted by molar-refractivity contribution is -0.142. The SMILES string of the molecule is COC(=O)C(N)Cc1ccc(OCc2ccccn2)cc1. The van der Waals surface area contributed by atoms with Crippen molar-refractivity contribution in [3.8, 4) is 5.75 Å². The van der Waals surface area contributed by atoms with E-state index in [9.17, 15) is 4.79 Å². The molecule has 0 radical (unpaired) electrons. The smallest absolute Gasteiger partial charge is 0.322 e. The topological polar surface area (TPSA) is 74.4 Å². The third-order valence-corrected chi connectivity index (χ3v) is 3.00. The van der Waals surface area contributed by atoms with E-state index < -0.39 is 12.0 Å². The Morgan fingerprint density at radius 1 is 1.24 bits per heavy atom. The van der Waals surface area contributed by atoms with Crippen LogP contribution in [0.4, 0.5) is 0 Å². The minimum atomic E-state index is -0.643. The zero-order valence-electron chi connectivity index (χ0n) is 11.9. The molecule has 2 aromatic rings. The minimum absolute atomic E-state index is 0.412. The summed E-state index contributed by atoms with van der Waals surface area (Å²) in [5.41, 5.74) is 7.54. The number of nitrogens with zero attached hydrogens (tertiary/aromatic N) is 1. The van der Waals surface area contributed by atoms with Gasteiger partial charge in [0.1, 0.15) is 18.4 Å². The van der Waals surface area contributed by atoms with Crippen molar-refractivity contribution in [2.75, 3.05) is 7.11 Å². The van der Waals surface area contributed by atoms with E-state index in [0.717, 1.165) is 17.0 Å². The van der Waals surface area contributed by atoms with Crippen molar-refractivity contribution in [3.63, 3.8) is 0 Å². The zero-order chi connectivity index (χ0) is 15.1. The average Bonchev–Trinajstić information content (AvgIpc) is 2.54. The van der Waals surface area contributed by atoms with Gasteiger partial charge in [-0.05, 0) is 36.2 Å². The quantitative estimate of drug-likeness (QED) is 0.818. The summed E-state index contributed by atoms with van der Waals surface area (Å²) in [7, 11) is 1.33. The standard InChI is InChI=1S/C16H18N2O3/c1-20-16(19)15(17)10-12-5-7-14(8-6-12)21-11-13-4-2-3-9-18-13/h2-9,15H,10-11,17H2,1H3. The normalized spacial score (nSPS) is 11.7. The summed E-state index contributed by atoms with van der Waals surface area (Å²) in [5, 5.41) is 0. The van der Waals surface area contributed by atoms with Gasteiger partial charge >= 0.3 is 5.97 Å². The number of benzene rings is 1. The Kier molecular flexibility index (Phi) is 5.29. The molecule has 0 spiro atoms. The maximum absolute atomic E-state index is 11.3. The lowest BCUT2D eigenvalue weighted by atomic mass is 10.1. The molecule has 0 saturated heterocycles. The minimum Gasteiger partial charge on any atom is -0.487 e. The van der Waals surface area contributed by atoms with Crippen LogP contribution < -0.4 is 10.5 Å². The van der Waals surface area contributed by atoms with Gasteiger partial charge in [0.15, 0.2) is 0 Å². The Balaban J connectivity index is 1.88. The van der Waals surface area contributed by atoms with Crippen LogP contribution in [0, 0.1) is 0 Å². The Labute approximate surface area is 123 Å². The second-order valence-corrected chi connectivity index (χ2v) is 4.59. The lowest BCUT2D eigenvalue weighted by Gasteiger charge is -2.10. The van der Waals surface area contributed by atoms with E-state index in [0.29, 0.717) is 13.0 Å². The molecule has 5 heteroatoms. The molecular weight excluding hydrogens is 268 g/mol. The van der Waals surface area contributed by atoms with Crippen LogP contribution in [0.3, 0.4) is 0 Å². The molecule has 0 bridgehead atoms. The first-order valence-corrected chi connectivity index (χ1v) is 6.64. The van der Waals surface area contributed by atoms with Crippen molar-refractivity contribution in [2.45, 2.75) is 19.1 Å². The molecule has 1 aromatic heterocycles. The van der Waals surface area contributed by atoms with Crippen molar-refractivity contribution in [2.24, 2.45) is 5.73 Å². The van der Waals surface area contributed by atoms with E-state index in [1.54, 1.807) is 6.20 Å². The van der Waals surface area contributed by atoms with Gasteiger partial charge in [0, 0.05) is 6.20 Å². The lowest BCUT2D eigenvalue weighted by Crippen LogP contribution is -2.33. The van der Waals surface area contributed by atoms with Gasteiger partial charge in [0.05, 0.1) is 12.8 Å². The number of nitrogens with two attached hydrogens (primary N) is 1. The summed E-state index contributed by atoms with van der Waals surface area (Å²) in [6.07, 6.45) is 2.17. The molecule has 0 fully saturated rings. The summed E-state index contributed by atoms with van der Waals surface area (Å²) in [6, 6.07) is 12.5. The van der Waals surface area contributed by atoms with E-state index in [1.807, 2.05) is 42.5 Å². The van der Waals surface area contributed by atoms with Gasteiger partial charge in [-0.2, -0.15) is 0 Å². The van der Waals surface area contributed by atoms with Gasteiger partial charge in [0.25, 0.3) is 0 Å². The summed E-state index contributed by atoms with van der Waals surface area (Å²) >= 11 is 0. The van der Waals surface area contributed by atoms with Crippen LogP contribution >= 0.6 is 0 Å². The molecule has 0 saturated carbocycles. The highest BCUT2D eigenvalue weighted by atomic mass is 16.5. The second-order valence-electron chi connectivity index (χ2n) is 4.59. The van der Waals surface area contributed by atoms with Crippen LogP contribution in [-0.4, -0.2) is 24.1 Å². The highest BCUT2D eigenvalue weighted by molar-refractivity contribution is 5.75. The number of pyridine rings is 1. The maximum Gasteiger partial charge on any atom is 0.322 e. The van der Waals surface area contributed by atoms with Crippen molar-refractivity contribution < 1.29 is 14.3 Å². The monoisotopic (exact) mass is 286 g/mol. The summed E-state index contributed by atoms with van der Waals surface area (Å²) in [5.74, 6) is 0.335. The van der Waals surface area contributed by atoms with Gasteiger partial charge in [-0.1, -0.05) is 18.2 Å². The molecule has 110 valence electrons. The van der Waals surface area contributed by atoms with Crippen LogP contribution in [0.15, 0.2) is 48.7 Å². The predicted octanol–water partition coefficient (Wildman–Crippen LogP) is 1.70. The van der Waals surface area contributed by atoms with Crippen LogP contribution in [0.2, 0.25) is 0 Å². The molecule has 21 heavy (non-hydrogen) atoms. The number of methoxy groups -OCH3 is 1. The Morgan fingerprint density at radius 3 is 2.62 bits per heavy atom. The molecule has 1 atom stereocenters. The second kappa shape index (κ2) is 7.40. The number of hydrogen-bond acceptors (Lipinski definition) is 5. The van der Waals surface area contributed by atoms with E-state index in [1.165, 1.54) is 7.11 Å². The van der Waals surface area contributed by atoms with E-state index >= 15 is 0 Å². The number of carbonyl (C=O) groups is 1. The molecule has 0 aliphatic rings. The molecule has 0 aliphatic heterocycles. The predicted molar refractivity (Wildman–Crippen MR) is 78.7 cm³/mol. The molecule has 2 N–H and O–H groups in total. The third-order valence-electron chi connectivity index (χ3n) is 3.00. The fraction of sp³-hybridized carbons (Fsp3) is 0.250. The van der Waals surface area contributed by atoms with Crippen LogP contribution in [0.5, 0.6) is 5.75 Å². The summed E-state index contributed by atoms with van der Waals surface area (Å²) < 4.78 is 10.2. The van der Waals surface area contributed by atoms with Crippen LogP contribution in [0.25, 0.3) is 0 Å². The number of aromatic nitrogens is 1. The van der Waals surface area contributed by atoms with Gasteiger partial charge in [-0.15, -0.1) is 0 Å². The van der Waals surface area contributed by atoms with E-state index in [4.69, 9.17) is 10.5 Å². The maximum atomic E-state index is 11.3. The summed E-state index contributed by atoms with van der Waals surface area (Å²) in [6.45, 7) is 0.419. The van der Waals surface area contributed by atoms with Gasteiger partial charge in [-0.25, -0.2) is 0 Å². The molecule has 5 nitrogen and oxygen atoms in total. The van der Waals surface area contributed by atoms with Crippen molar-refractivity contribution in [1.82, 2.24) is 4.98 Å². The van der Waals surface area contributed by atoms with E-state index in [2.05, 4.69) is 9.72 Å². The number of ether oxygens (including phenoxy) is 2.